The number of hydrogen-bond donors (Lipinski definition) is 0. The van der Waals surface area contributed by atoms with E-state index < -0.39 is 0 Å². The molecule has 0 radical (unpaired) electrons. The van der Waals surface area contributed by atoms with Gasteiger partial charge in [-0.2, -0.15) is 0 Å². The zero-order valence-electron chi connectivity index (χ0n) is 9.67. The summed E-state index contributed by atoms with van der Waals surface area (Å²) in [5.41, 5.74) is 0.509. The van der Waals surface area contributed by atoms with Gasteiger partial charge in [-0.25, -0.2) is 0 Å². The Labute approximate surface area is 100 Å². The second kappa shape index (κ2) is 5.75. The molecule has 1 aromatic rings. The molecule has 4 heteroatoms. The number of ether oxygens (including phenoxy) is 2. The van der Waals surface area contributed by atoms with Crippen molar-refractivity contribution in [1.29, 1.82) is 0 Å². The Morgan fingerprint density at radius 1 is 1.31 bits per heavy atom. The predicted molar refractivity (Wildman–Crippen MR) is 63.8 cm³/mol. The first-order valence-electron chi connectivity index (χ1n) is 5.09. The van der Waals surface area contributed by atoms with Crippen molar-refractivity contribution in [1.82, 2.24) is 0 Å². The Morgan fingerprint density at radius 2 is 2.00 bits per heavy atom. The fraction of sp³-hybridized carbons (Fsp3) is 0.417. The van der Waals surface area contributed by atoms with E-state index >= 15 is 0 Å². The van der Waals surface area contributed by atoms with Gasteiger partial charge < -0.3 is 9.47 Å². The van der Waals surface area contributed by atoms with Crippen LogP contribution in [-0.2, 0) is 0 Å². The lowest BCUT2D eigenvalue weighted by Gasteiger charge is -2.11. The second-order valence-corrected chi connectivity index (χ2v) is 3.71. The molecule has 0 heterocycles. The molecule has 0 N–H and O–H groups in total. The fourth-order valence-electron chi connectivity index (χ4n) is 1.48. The minimum atomic E-state index is 0.0314. The number of hydrogen-bond acceptors (Lipinski definition) is 3. The standard InChI is InChI=1S/C12H15ClO3/c1-4-5-9(14)8-6-7-10(15-2)11(13)12(8)16-3/h6-7H,4-5H2,1-3H3. The van der Waals surface area contributed by atoms with Gasteiger partial charge in [0, 0.05) is 6.42 Å². The van der Waals surface area contributed by atoms with Gasteiger partial charge in [0.15, 0.2) is 11.5 Å². The molecule has 0 unspecified atom stereocenters. The normalized spacial score (nSPS) is 10.0. The highest BCUT2D eigenvalue weighted by Crippen LogP contribution is 2.37. The fourth-order valence-corrected chi connectivity index (χ4v) is 1.80. The van der Waals surface area contributed by atoms with E-state index in [1.807, 2.05) is 6.92 Å². The summed E-state index contributed by atoms with van der Waals surface area (Å²) in [4.78, 5) is 11.8. The number of benzene rings is 1. The summed E-state index contributed by atoms with van der Waals surface area (Å²) in [6.45, 7) is 1.95. The van der Waals surface area contributed by atoms with Gasteiger partial charge in [0.05, 0.1) is 19.8 Å². The van der Waals surface area contributed by atoms with Crippen LogP contribution < -0.4 is 9.47 Å². The maximum atomic E-state index is 11.8. The molecule has 0 amide bonds. The molecule has 1 aromatic carbocycles. The van der Waals surface area contributed by atoms with E-state index in [2.05, 4.69) is 0 Å². The first-order chi connectivity index (χ1) is 7.65. The summed E-state index contributed by atoms with van der Waals surface area (Å²) in [6.07, 6.45) is 1.28. The highest BCUT2D eigenvalue weighted by atomic mass is 35.5. The van der Waals surface area contributed by atoms with Crippen molar-refractivity contribution in [3.8, 4) is 11.5 Å². The Balaban J connectivity index is 3.20. The van der Waals surface area contributed by atoms with Crippen LogP contribution in [0.4, 0.5) is 0 Å². The summed E-state index contributed by atoms with van der Waals surface area (Å²) >= 11 is 6.06. The van der Waals surface area contributed by atoms with Crippen molar-refractivity contribution < 1.29 is 14.3 Å². The lowest BCUT2D eigenvalue weighted by molar-refractivity contribution is 0.0979. The topological polar surface area (TPSA) is 35.5 Å². The first kappa shape index (κ1) is 12.8. The van der Waals surface area contributed by atoms with E-state index in [0.29, 0.717) is 28.5 Å². The lowest BCUT2D eigenvalue weighted by atomic mass is 10.1. The zero-order chi connectivity index (χ0) is 12.1. The quantitative estimate of drug-likeness (QED) is 0.743. The summed E-state index contributed by atoms with van der Waals surface area (Å²) in [5, 5.41) is 0.340. The SMILES string of the molecule is CCCC(=O)c1ccc(OC)c(Cl)c1OC. The number of methoxy groups -OCH3 is 2. The van der Waals surface area contributed by atoms with E-state index in [1.165, 1.54) is 14.2 Å². The highest BCUT2D eigenvalue weighted by molar-refractivity contribution is 6.34. The average molecular weight is 243 g/mol. The summed E-state index contributed by atoms with van der Waals surface area (Å²) in [5.74, 6) is 0.926. The van der Waals surface area contributed by atoms with Crippen LogP contribution in [0, 0.1) is 0 Å². The molecular weight excluding hydrogens is 228 g/mol. The number of Topliss-reactive ketones (excluding diaryl/α,β-unsaturated/α-hetero) is 1. The van der Waals surface area contributed by atoms with E-state index in [9.17, 15) is 4.79 Å². The Bertz CT molecular complexity index is 388. The monoisotopic (exact) mass is 242 g/mol. The number of carbonyl (C=O) groups excluding carboxylic acids is 1. The minimum absolute atomic E-state index is 0.0314. The summed E-state index contributed by atoms with van der Waals surface area (Å²) in [7, 11) is 3.01. The van der Waals surface area contributed by atoms with Crippen LogP contribution in [0.1, 0.15) is 30.1 Å². The Kier molecular flexibility index (Phi) is 4.62. The number of rotatable bonds is 5. The molecule has 0 spiro atoms. The molecule has 0 saturated carbocycles. The van der Waals surface area contributed by atoms with Crippen LogP contribution >= 0.6 is 11.6 Å². The van der Waals surface area contributed by atoms with Gasteiger partial charge in [0.1, 0.15) is 10.8 Å². The van der Waals surface area contributed by atoms with Crippen LogP contribution in [0.3, 0.4) is 0 Å². The van der Waals surface area contributed by atoms with Crippen molar-refractivity contribution in [2.75, 3.05) is 14.2 Å². The minimum Gasteiger partial charge on any atom is -0.495 e. The predicted octanol–water partition coefficient (Wildman–Crippen LogP) is 3.34. The van der Waals surface area contributed by atoms with Crippen molar-refractivity contribution in [2.45, 2.75) is 19.8 Å². The maximum absolute atomic E-state index is 11.8. The van der Waals surface area contributed by atoms with Gasteiger partial charge in [-0.1, -0.05) is 18.5 Å². The van der Waals surface area contributed by atoms with Crippen molar-refractivity contribution in [2.24, 2.45) is 0 Å². The zero-order valence-corrected chi connectivity index (χ0v) is 10.4. The van der Waals surface area contributed by atoms with Gasteiger partial charge in [0.25, 0.3) is 0 Å². The molecule has 0 saturated heterocycles. The third-order valence-electron chi connectivity index (χ3n) is 2.26. The van der Waals surface area contributed by atoms with Crippen LogP contribution in [0.25, 0.3) is 0 Å². The number of halogens is 1. The van der Waals surface area contributed by atoms with E-state index in [-0.39, 0.29) is 5.78 Å². The van der Waals surface area contributed by atoms with Crippen LogP contribution in [0.15, 0.2) is 12.1 Å². The average Bonchev–Trinajstić information content (AvgIpc) is 2.28. The number of ketones is 1. The lowest BCUT2D eigenvalue weighted by Crippen LogP contribution is -2.03. The molecule has 0 fully saturated rings. The molecule has 0 aromatic heterocycles. The largest absolute Gasteiger partial charge is 0.495 e. The molecule has 16 heavy (non-hydrogen) atoms. The van der Waals surface area contributed by atoms with Crippen LogP contribution in [0.2, 0.25) is 5.02 Å². The first-order valence-corrected chi connectivity index (χ1v) is 5.47. The smallest absolute Gasteiger partial charge is 0.166 e. The van der Waals surface area contributed by atoms with Gasteiger partial charge in [0.2, 0.25) is 0 Å². The van der Waals surface area contributed by atoms with Crippen LogP contribution in [0.5, 0.6) is 11.5 Å². The molecule has 0 aliphatic rings. The van der Waals surface area contributed by atoms with Crippen molar-refractivity contribution >= 4 is 17.4 Å². The third-order valence-corrected chi connectivity index (χ3v) is 2.62. The molecule has 0 aliphatic heterocycles. The van der Waals surface area contributed by atoms with E-state index in [0.717, 1.165) is 6.42 Å². The molecule has 1 rings (SSSR count). The molecular formula is C12H15ClO3. The Hall–Kier alpha value is -1.22. The maximum Gasteiger partial charge on any atom is 0.166 e. The van der Waals surface area contributed by atoms with E-state index in [1.54, 1.807) is 12.1 Å². The Morgan fingerprint density at radius 3 is 2.50 bits per heavy atom. The second-order valence-electron chi connectivity index (χ2n) is 3.34. The molecule has 0 atom stereocenters. The molecule has 0 aliphatic carbocycles. The van der Waals surface area contributed by atoms with Gasteiger partial charge in [-0.15, -0.1) is 0 Å². The molecule has 3 nitrogen and oxygen atoms in total. The van der Waals surface area contributed by atoms with Gasteiger partial charge in [-0.05, 0) is 18.6 Å². The number of carbonyl (C=O) groups is 1. The third kappa shape index (κ3) is 2.47. The molecule has 0 bridgehead atoms. The molecule has 88 valence electrons. The summed E-state index contributed by atoms with van der Waals surface area (Å²) in [6, 6.07) is 3.36. The van der Waals surface area contributed by atoms with Gasteiger partial charge in [-0.3, -0.25) is 4.79 Å². The van der Waals surface area contributed by atoms with Crippen molar-refractivity contribution in [3.05, 3.63) is 22.7 Å². The van der Waals surface area contributed by atoms with Crippen LogP contribution in [-0.4, -0.2) is 20.0 Å². The summed E-state index contributed by atoms with van der Waals surface area (Å²) < 4.78 is 10.2. The van der Waals surface area contributed by atoms with Crippen molar-refractivity contribution in [3.63, 3.8) is 0 Å². The highest BCUT2D eigenvalue weighted by Gasteiger charge is 2.17. The van der Waals surface area contributed by atoms with Gasteiger partial charge >= 0.3 is 0 Å². The van der Waals surface area contributed by atoms with E-state index in [4.69, 9.17) is 21.1 Å².